The maximum absolute atomic E-state index is 12.4. The van der Waals surface area contributed by atoms with Gasteiger partial charge in [0.05, 0.1) is 12.1 Å². The van der Waals surface area contributed by atoms with Gasteiger partial charge in [0.25, 0.3) is 10.0 Å². The number of nitrogens with two attached hydrogens (primary N) is 1. The van der Waals surface area contributed by atoms with Gasteiger partial charge >= 0.3 is 0 Å². The Hall–Kier alpha value is -1.51. The van der Waals surface area contributed by atoms with Crippen molar-refractivity contribution in [3.63, 3.8) is 0 Å². The maximum atomic E-state index is 12.4. The lowest BCUT2D eigenvalue weighted by Gasteiger charge is -2.13. The van der Waals surface area contributed by atoms with Crippen LogP contribution in [0.2, 0.25) is 5.02 Å². The summed E-state index contributed by atoms with van der Waals surface area (Å²) in [6, 6.07) is 5.89. The Balaban J connectivity index is 2.50. The number of methoxy groups -OCH3 is 1. The van der Waals surface area contributed by atoms with E-state index in [-0.39, 0.29) is 27.2 Å². The van der Waals surface area contributed by atoms with E-state index in [0.717, 1.165) is 0 Å². The zero-order valence-corrected chi connectivity index (χ0v) is 14.0. The number of pyridine rings is 1. The number of sulfonamides is 1. The Kier molecular flexibility index (Phi) is 4.60. The largest absolute Gasteiger partial charge is 0.495 e. The van der Waals surface area contributed by atoms with E-state index < -0.39 is 10.0 Å². The second kappa shape index (κ2) is 6.08. The third-order valence-electron chi connectivity index (χ3n) is 2.56. The molecule has 0 spiro atoms. The van der Waals surface area contributed by atoms with E-state index in [9.17, 15) is 8.42 Å². The molecule has 2 rings (SSSR count). The molecule has 0 aliphatic heterocycles. The summed E-state index contributed by atoms with van der Waals surface area (Å²) < 4.78 is 32.8. The van der Waals surface area contributed by atoms with Crippen LogP contribution in [0.25, 0.3) is 0 Å². The lowest BCUT2D eigenvalue weighted by Crippen LogP contribution is -2.15. The molecule has 1 aromatic heterocycles. The van der Waals surface area contributed by atoms with Gasteiger partial charge in [-0.2, -0.15) is 0 Å². The summed E-state index contributed by atoms with van der Waals surface area (Å²) in [5, 5.41) is 0.185. The Morgan fingerprint density at radius 1 is 1.43 bits per heavy atom. The van der Waals surface area contributed by atoms with Crippen molar-refractivity contribution in [2.24, 2.45) is 0 Å². The third-order valence-corrected chi connectivity index (χ3v) is 4.91. The summed E-state index contributed by atoms with van der Waals surface area (Å²) in [4.78, 5) is 3.78. The van der Waals surface area contributed by atoms with E-state index in [1.165, 1.54) is 31.5 Å². The van der Waals surface area contributed by atoms with Crippen LogP contribution in [0.1, 0.15) is 0 Å². The normalized spacial score (nSPS) is 11.2. The van der Waals surface area contributed by atoms with E-state index in [4.69, 9.17) is 22.1 Å². The molecule has 0 aliphatic rings. The van der Waals surface area contributed by atoms with Gasteiger partial charge in [0.15, 0.2) is 5.82 Å². The minimum Gasteiger partial charge on any atom is -0.495 e. The monoisotopic (exact) mass is 391 g/mol. The Labute approximate surface area is 135 Å². The molecule has 0 atom stereocenters. The van der Waals surface area contributed by atoms with Crippen LogP contribution < -0.4 is 15.2 Å². The van der Waals surface area contributed by atoms with Crippen LogP contribution in [0, 0.1) is 0 Å². The first-order valence-corrected chi connectivity index (χ1v) is 8.27. The molecule has 21 heavy (non-hydrogen) atoms. The van der Waals surface area contributed by atoms with Crippen molar-refractivity contribution < 1.29 is 13.2 Å². The number of aromatic nitrogens is 1. The van der Waals surface area contributed by atoms with Gasteiger partial charge in [-0.15, -0.1) is 0 Å². The van der Waals surface area contributed by atoms with E-state index >= 15 is 0 Å². The fourth-order valence-corrected chi connectivity index (χ4v) is 3.33. The van der Waals surface area contributed by atoms with Crippen molar-refractivity contribution >= 4 is 49.1 Å². The Bertz CT molecular complexity index is 783. The number of anilines is 2. The molecule has 0 saturated heterocycles. The first-order valence-electron chi connectivity index (χ1n) is 5.61. The van der Waals surface area contributed by atoms with Gasteiger partial charge in [-0.25, -0.2) is 13.4 Å². The minimum absolute atomic E-state index is 0.0303. The van der Waals surface area contributed by atoms with E-state index in [2.05, 4.69) is 25.6 Å². The summed E-state index contributed by atoms with van der Waals surface area (Å²) in [5.74, 6) is 0.179. The fraction of sp³-hybridized carbons (Fsp3) is 0.0833. The van der Waals surface area contributed by atoms with Crippen molar-refractivity contribution in [2.45, 2.75) is 4.90 Å². The average Bonchev–Trinajstić information content (AvgIpc) is 2.43. The average molecular weight is 393 g/mol. The highest BCUT2D eigenvalue weighted by atomic mass is 79.9. The smallest absolute Gasteiger partial charge is 0.266 e. The first kappa shape index (κ1) is 15.9. The van der Waals surface area contributed by atoms with Crippen molar-refractivity contribution in [1.82, 2.24) is 4.98 Å². The zero-order chi connectivity index (χ0) is 15.6. The van der Waals surface area contributed by atoms with Crippen LogP contribution in [0.15, 0.2) is 39.8 Å². The minimum atomic E-state index is -3.94. The number of nitrogens with one attached hydrogen (secondary N) is 1. The molecule has 9 heteroatoms. The molecule has 1 aromatic carbocycles. The van der Waals surface area contributed by atoms with Crippen LogP contribution in [-0.4, -0.2) is 20.5 Å². The summed E-state index contributed by atoms with van der Waals surface area (Å²) in [7, 11) is -2.57. The number of ether oxygens (including phenoxy) is 1. The lowest BCUT2D eigenvalue weighted by molar-refractivity contribution is 0.402. The molecule has 0 radical (unpaired) electrons. The second-order valence-electron chi connectivity index (χ2n) is 3.96. The van der Waals surface area contributed by atoms with Crippen molar-refractivity contribution in [2.75, 3.05) is 17.6 Å². The molecule has 2 aromatic rings. The molecule has 0 fully saturated rings. The molecule has 0 unspecified atom stereocenters. The van der Waals surface area contributed by atoms with Crippen molar-refractivity contribution in [1.29, 1.82) is 0 Å². The highest BCUT2D eigenvalue weighted by Gasteiger charge is 2.22. The van der Waals surface area contributed by atoms with Gasteiger partial charge in [0, 0.05) is 16.4 Å². The third kappa shape index (κ3) is 3.39. The molecule has 3 N–H and O–H groups in total. The van der Waals surface area contributed by atoms with Gasteiger partial charge < -0.3 is 10.5 Å². The van der Waals surface area contributed by atoms with Crippen molar-refractivity contribution in [3.05, 3.63) is 40.0 Å². The number of hydrogen-bond acceptors (Lipinski definition) is 5. The molecule has 0 saturated carbocycles. The van der Waals surface area contributed by atoms with Crippen LogP contribution in [-0.2, 0) is 10.0 Å². The Morgan fingerprint density at radius 2 is 2.14 bits per heavy atom. The van der Waals surface area contributed by atoms with Gasteiger partial charge in [0.1, 0.15) is 10.6 Å². The number of halogens is 2. The molecule has 112 valence electrons. The lowest BCUT2D eigenvalue weighted by atomic mass is 10.3. The van der Waals surface area contributed by atoms with Gasteiger partial charge in [-0.1, -0.05) is 11.6 Å². The molecule has 1 heterocycles. The second-order valence-corrected chi connectivity index (χ2v) is 6.88. The molecule has 0 amide bonds. The van der Waals surface area contributed by atoms with Crippen LogP contribution >= 0.6 is 27.5 Å². The number of benzene rings is 1. The highest BCUT2D eigenvalue weighted by molar-refractivity contribution is 9.10. The quantitative estimate of drug-likeness (QED) is 0.780. The summed E-state index contributed by atoms with van der Waals surface area (Å²) in [6.45, 7) is 0. The van der Waals surface area contributed by atoms with Crippen LogP contribution in [0.5, 0.6) is 5.75 Å². The topological polar surface area (TPSA) is 94.3 Å². The van der Waals surface area contributed by atoms with E-state index in [1.54, 1.807) is 6.07 Å². The first-order chi connectivity index (χ1) is 9.85. The standard InChI is InChI=1S/C12H11BrClN3O3S/c1-20-10-5-7(13)9(15)6-11(10)21(18,19)17-12-8(14)3-2-4-16-12/h2-6H,15H2,1H3,(H,16,17). The number of nitrogen functional groups attached to an aromatic ring is 1. The number of hydrogen-bond donors (Lipinski definition) is 2. The summed E-state index contributed by atoms with van der Waals surface area (Å²) >= 11 is 9.11. The van der Waals surface area contributed by atoms with E-state index in [0.29, 0.717) is 4.47 Å². The van der Waals surface area contributed by atoms with Gasteiger partial charge in [-0.3, -0.25) is 4.72 Å². The van der Waals surface area contributed by atoms with Gasteiger partial charge in [0.2, 0.25) is 0 Å². The van der Waals surface area contributed by atoms with Crippen LogP contribution in [0.3, 0.4) is 0 Å². The van der Waals surface area contributed by atoms with Crippen molar-refractivity contribution in [3.8, 4) is 5.75 Å². The Morgan fingerprint density at radius 3 is 2.76 bits per heavy atom. The molecular formula is C12H11BrClN3O3S. The van der Waals surface area contributed by atoms with E-state index in [1.807, 2.05) is 0 Å². The maximum Gasteiger partial charge on any atom is 0.266 e. The zero-order valence-electron chi connectivity index (χ0n) is 10.8. The van der Waals surface area contributed by atoms with Gasteiger partial charge in [-0.05, 0) is 40.2 Å². The number of nitrogens with zero attached hydrogens (tertiary/aromatic N) is 1. The fourth-order valence-electron chi connectivity index (χ4n) is 1.56. The SMILES string of the molecule is COc1cc(Br)c(N)cc1S(=O)(=O)Nc1ncccc1Cl. The summed E-state index contributed by atoms with van der Waals surface area (Å²) in [6.07, 6.45) is 1.43. The molecule has 6 nitrogen and oxygen atoms in total. The van der Waals surface area contributed by atoms with Crippen LogP contribution in [0.4, 0.5) is 11.5 Å². The predicted molar refractivity (Wildman–Crippen MR) is 85.2 cm³/mol. The molecular weight excluding hydrogens is 382 g/mol. The predicted octanol–water partition coefficient (Wildman–Crippen LogP) is 2.89. The molecule has 0 aliphatic carbocycles. The summed E-state index contributed by atoms with van der Waals surface area (Å²) in [5.41, 5.74) is 5.99. The number of rotatable bonds is 4. The highest BCUT2D eigenvalue weighted by Crippen LogP contribution is 2.33. The molecule has 0 bridgehead atoms.